The van der Waals surface area contributed by atoms with Gasteiger partial charge in [-0.15, -0.1) is 0 Å². The molecule has 0 saturated carbocycles. The third-order valence-electron chi connectivity index (χ3n) is 4.03. The summed E-state index contributed by atoms with van der Waals surface area (Å²) in [7, 11) is 0. The Labute approximate surface area is 143 Å². The van der Waals surface area contributed by atoms with Gasteiger partial charge in [0.05, 0.1) is 6.10 Å². The minimum absolute atomic E-state index is 0.136. The van der Waals surface area contributed by atoms with E-state index in [1.165, 1.54) is 16.8 Å². The first-order valence-corrected chi connectivity index (χ1v) is 8.19. The van der Waals surface area contributed by atoms with Gasteiger partial charge in [-0.1, -0.05) is 6.42 Å². The van der Waals surface area contributed by atoms with Crippen molar-refractivity contribution >= 4 is 5.97 Å². The van der Waals surface area contributed by atoms with Gasteiger partial charge in [0.25, 0.3) is 5.56 Å². The second kappa shape index (κ2) is 8.90. The molecule has 0 unspecified atom stereocenters. The van der Waals surface area contributed by atoms with Crippen LogP contribution in [0.1, 0.15) is 31.9 Å². The van der Waals surface area contributed by atoms with Gasteiger partial charge in [-0.25, -0.2) is 4.79 Å². The highest BCUT2D eigenvalue weighted by molar-refractivity contribution is 5.75. The van der Waals surface area contributed by atoms with Crippen LogP contribution in [0.2, 0.25) is 0 Å². The summed E-state index contributed by atoms with van der Waals surface area (Å²) in [5, 5.41) is 10.0. The lowest BCUT2D eigenvalue weighted by atomic mass is 10.1. The van der Waals surface area contributed by atoms with E-state index in [1.54, 1.807) is 0 Å². The van der Waals surface area contributed by atoms with Gasteiger partial charge in [0.2, 0.25) is 0 Å². The first kappa shape index (κ1) is 19.3. The molecule has 0 spiro atoms. The Bertz CT molecular complexity index is 687. The smallest absolute Gasteiger partial charge is 0.330 e. The number of aromatic amines is 1. The highest BCUT2D eigenvalue weighted by Crippen LogP contribution is 2.27. The van der Waals surface area contributed by atoms with Crippen LogP contribution in [0.15, 0.2) is 21.9 Å². The summed E-state index contributed by atoms with van der Waals surface area (Å²) in [6.45, 7) is 0.370. The first-order valence-electron chi connectivity index (χ1n) is 8.19. The number of hydrogen-bond acceptors (Lipinski definition) is 8. The number of aromatic nitrogens is 2. The summed E-state index contributed by atoms with van der Waals surface area (Å²) in [4.78, 5) is 36.8. The number of carbonyl (C=O) groups excluding carboxylic acids is 1. The molecule has 2 heterocycles. The number of aliphatic hydroxyl groups excluding tert-OH is 1. The number of H-pyrrole nitrogens is 1. The van der Waals surface area contributed by atoms with E-state index in [0.29, 0.717) is 13.0 Å². The monoisotopic (exact) mass is 356 g/mol. The van der Waals surface area contributed by atoms with Gasteiger partial charge in [-0.3, -0.25) is 19.1 Å². The zero-order valence-corrected chi connectivity index (χ0v) is 13.8. The van der Waals surface area contributed by atoms with E-state index in [-0.39, 0.29) is 13.0 Å². The van der Waals surface area contributed by atoms with Crippen LogP contribution in [0.5, 0.6) is 0 Å². The zero-order valence-electron chi connectivity index (χ0n) is 13.8. The maximum atomic E-state index is 11.8. The maximum absolute atomic E-state index is 11.8. The van der Waals surface area contributed by atoms with Crippen molar-refractivity contribution in [2.24, 2.45) is 11.5 Å². The zero-order chi connectivity index (χ0) is 18.4. The SMILES string of the molecule is NCCCC[C@H](N)C(=O)OC[C@H]1O[C@@H](n2ccc(=O)[nH]c2=O)C[C@@H]1O. The van der Waals surface area contributed by atoms with E-state index in [2.05, 4.69) is 4.98 Å². The fraction of sp³-hybridized carbons (Fsp3) is 0.667. The van der Waals surface area contributed by atoms with Crippen LogP contribution in [0.4, 0.5) is 0 Å². The molecular formula is C15H24N4O6. The van der Waals surface area contributed by atoms with Crippen LogP contribution in [-0.2, 0) is 14.3 Å². The average molecular weight is 356 g/mol. The van der Waals surface area contributed by atoms with E-state index in [9.17, 15) is 19.5 Å². The lowest BCUT2D eigenvalue weighted by Crippen LogP contribution is -2.36. The molecule has 10 heteroatoms. The van der Waals surface area contributed by atoms with Gasteiger partial charge in [-0.2, -0.15) is 0 Å². The molecule has 2 rings (SSSR count). The highest BCUT2D eigenvalue weighted by Gasteiger charge is 2.36. The molecule has 0 bridgehead atoms. The number of ether oxygens (including phenoxy) is 2. The number of rotatable bonds is 8. The number of nitrogens with one attached hydrogen (secondary N) is 1. The van der Waals surface area contributed by atoms with Crippen molar-refractivity contribution in [3.8, 4) is 0 Å². The van der Waals surface area contributed by atoms with Crippen molar-refractivity contribution in [2.75, 3.05) is 13.2 Å². The fourth-order valence-corrected chi connectivity index (χ4v) is 2.59. The molecule has 1 aromatic rings. The highest BCUT2D eigenvalue weighted by atomic mass is 16.6. The number of unbranched alkanes of at least 4 members (excludes halogenated alkanes) is 1. The molecule has 0 amide bonds. The molecule has 140 valence electrons. The van der Waals surface area contributed by atoms with Gasteiger partial charge in [0.15, 0.2) is 0 Å². The molecule has 10 nitrogen and oxygen atoms in total. The summed E-state index contributed by atoms with van der Waals surface area (Å²) >= 11 is 0. The van der Waals surface area contributed by atoms with E-state index >= 15 is 0 Å². The van der Waals surface area contributed by atoms with Gasteiger partial charge in [0.1, 0.15) is 25.0 Å². The van der Waals surface area contributed by atoms with E-state index in [4.69, 9.17) is 20.9 Å². The van der Waals surface area contributed by atoms with Crippen molar-refractivity contribution in [3.63, 3.8) is 0 Å². The minimum atomic E-state index is -0.912. The number of nitrogens with zero attached hydrogens (tertiary/aromatic N) is 1. The molecule has 0 aliphatic carbocycles. The van der Waals surface area contributed by atoms with Crippen LogP contribution in [0.3, 0.4) is 0 Å². The molecule has 1 saturated heterocycles. The summed E-state index contributed by atoms with van der Waals surface area (Å²) in [5.41, 5.74) is 9.96. The third kappa shape index (κ3) is 5.23. The molecule has 0 aromatic carbocycles. The predicted octanol–water partition coefficient (Wildman–Crippen LogP) is -1.82. The first-order chi connectivity index (χ1) is 11.9. The average Bonchev–Trinajstić information content (AvgIpc) is 2.93. The van der Waals surface area contributed by atoms with E-state index in [1.807, 2.05) is 0 Å². The van der Waals surface area contributed by atoms with Crippen LogP contribution in [-0.4, -0.2) is 52.0 Å². The molecule has 6 N–H and O–H groups in total. The number of aliphatic hydroxyl groups is 1. The normalized spacial score (nSPS) is 24.2. The van der Waals surface area contributed by atoms with Gasteiger partial charge in [-0.05, 0) is 19.4 Å². The fourth-order valence-electron chi connectivity index (χ4n) is 2.59. The topological polar surface area (TPSA) is 163 Å². The summed E-state index contributed by atoms with van der Waals surface area (Å²) < 4.78 is 11.8. The summed E-state index contributed by atoms with van der Waals surface area (Å²) in [6.07, 6.45) is 0.972. The van der Waals surface area contributed by atoms with Crippen molar-refractivity contribution < 1.29 is 19.4 Å². The van der Waals surface area contributed by atoms with E-state index in [0.717, 1.165) is 12.8 Å². The van der Waals surface area contributed by atoms with Crippen LogP contribution >= 0.6 is 0 Å². The Balaban J connectivity index is 1.86. The number of nitrogens with two attached hydrogens (primary N) is 2. The third-order valence-corrected chi connectivity index (χ3v) is 4.03. The number of esters is 1. The Morgan fingerprint density at radius 1 is 1.48 bits per heavy atom. The van der Waals surface area contributed by atoms with Crippen molar-refractivity contribution in [1.29, 1.82) is 0 Å². The molecule has 1 fully saturated rings. The van der Waals surface area contributed by atoms with Crippen molar-refractivity contribution in [3.05, 3.63) is 33.1 Å². The summed E-state index contributed by atoms with van der Waals surface area (Å²) in [6, 6.07) is 0.438. The molecule has 0 radical (unpaired) electrons. The lowest BCUT2D eigenvalue weighted by molar-refractivity contribution is -0.151. The molecule has 4 atom stereocenters. The molecule has 1 aliphatic heterocycles. The Morgan fingerprint density at radius 3 is 2.92 bits per heavy atom. The second-order valence-corrected chi connectivity index (χ2v) is 5.97. The Hall–Kier alpha value is -2.01. The van der Waals surface area contributed by atoms with Crippen LogP contribution < -0.4 is 22.7 Å². The van der Waals surface area contributed by atoms with Crippen LogP contribution in [0.25, 0.3) is 0 Å². The molecule has 1 aliphatic rings. The number of hydrogen-bond donors (Lipinski definition) is 4. The molecular weight excluding hydrogens is 332 g/mol. The van der Waals surface area contributed by atoms with Crippen molar-refractivity contribution in [2.45, 2.75) is 50.2 Å². The van der Waals surface area contributed by atoms with Gasteiger partial charge in [0, 0.05) is 18.7 Å². The second-order valence-electron chi connectivity index (χ2n) is 5.97. The Kier molecular flexibility index (Phi) is 6.88. The standard InChI is InChI=1S/C15H24N4O6/c16-5-2-1-3-9(17)14(22)24-8-11-10(20)7-13(25-11)19-6-4-12(21)18-15(19)23/h4,6,9-11,13,20H,1-3,5,7-8,16-17H2,(H,18,21,23)/t9-,10-,11+,13+/m0/s1. The van der Waals surface area contributed by atoms with Gasteiger partial charge < -0.3 is 26.0 Å². The van der Waals surface area contributed by atoms with Gasteiger partial charge >= 0.3 is 11.7 Å². The molecule has 25 heavy (non-hydrogen) atoms. The predicted molar refractivity (Wildman–Crippen MR) is 87.7 cm³/mol. The Morgan fingerprint density at radius 2 is 2.24 bits per heavy atom. The summed E-state index contributed by atoms with van der Waals surface area (Å²) in [5.74, 6) is -0.572. The van der Waals surface area contributed by atoms with Crippen molar-refractivity contribution in [1.82, 2.24) is 9.55 Å². The van der Waals surface area contributed by atoms with Crippen LogP contribution in [0, 0.1) is 0 Å². The largest absolute Gasteiger partial charge is 0.462 e. The minimum Gasteiger partial charge on any atom is -0.462 e. The quantitative estimate of drug-likeness (QED) is 0.313. The van der Waals surface area contributed by atoms with E-state index < -0.39 is 41.7 Å². The number of carbonyl (C=O) groups is 1. The maximum Gasteiger partial charge on any atom is 0.330 e. The molecule has 1 aromatic heterocycles. The lowest BCUT2D eigenvalue weighted by Gasteiger charge is -2.17.